The topological polar surface area (TPSA) is 12.5 Å². The normalized spacial score (nSPS) is 18.8. The maximum atomic E-state index is 6.03. The van der Waals surface area contributed by atoms with Crippen molar-refractivity contribution in [2.45, 2.75) is 45.1 Å². The number of fused-ring (bicyclic) bond motifs is 1. The number of hydrogen-bond acceptors (Lipinski definition) is 2. The number of rotatable bonds is 3. The predicted octanol–water partition coefficient (Wildman–Crippen LogP) is 4.74. The fourth-order valence-corrected chi connectivity index (χ4v) is 3.64. The predicted molar refractivity (Wildman–Crippen MR) is 94.3 cm³/mol. The first-order valence-electron chi connectivity index (χ1n) is 8.88. The van der Waals surface area contributed by atoms with Gasteiger partial charge in [0.15, 0.2) is 0 Å². The first kappa shape index (κ1) is 14.8. The molecule has 1 saturated carbocycles. The fraction of sp³-hybridized carbons (Fsp3) is 0.429. The highest BCUT2D eigenvalue weighted by atomic mass is 16.5. The van der Waals surface area contributed by atoms with Gasteiger partial charge < -0.3 is 4.74 Å². The molecule has 2 aliphatic rings. The van der Waals surface area contributed by atoms with Crippen LogP contribution in [0.2, 0.25) is 0 Å². The Kier molecular flexibility index (Phi) is 4.09. The summed E-state index contributed by atoms with van der Waals surface area (Å²) in [5.41, 5.74) is 4.23. The van der Waals surface area contributed by atoms with E-state index >= 15 is 0 Å². The van der Waals surface area contributed by atoms with E-state index in [2.05, 4.69) is 42.2 Å². The highest BCUT2D eigenvalue weighted by molar-refractivity contribution is 5.39. The van der Waals surface area contributed by atoms with Crippen LogP contribution in [-0.2, 0) is 12.8 Å². The molecule has 2 nitrogen and oxygen atoms in total. The lowest BCUT2D eigenvalue weighted by atomic mass is 9.91. The minimum atomic E-state index is 0.854. The molecule has 0 spiro atoms. The second-order valence-electron chi connectivity index (χ2n) is 6.97. The monoisotopic (exact) mass is 307 g/mol. The summed E-state index contributed by atoms with van der Waals surface area (Å²) in [5.74, 6) is 1.88. The lowest BCUT2D eigenvalue weighted by Crippen LogP contribution is -2.41. The SMILES string of the molecule is Cc1ccc(Oc2ccc3c(c2)CCN(C2CCC2)CC3)cc1. The van der Waals surface area contributed by atoms with Crippen molar-refractivity contribution in [2.75, 3.05) is 13.1 Å². The highest BCUT2D eigenvalue weighted by Crippen LogP contribution is 2.29. The Balaban J connectivity index is 1.48. The summed E-state index contributed by atoms with van der Waals surface area (Å²) in [4.78, 5) is 2.70. The van der Waals surface area contributed by atoms with Crippen molar-refractivity contribution in [3.63, 3.8) is 0 Å². The summed E-state index contributed by atoms with van der Waals surface area (Å²) in [6, 6.07) is 15.8. The quantitative estimate of drug-likeness (QED) is 0.812. The van der Waals surface area contributed by atoms with Crippen LogP contribution in [0.1, 0.15) is 36.0 Å². The molecule has 0 saturated heterocycles. The molecule has 2 aromatic carbocycles. The third-order valence-corrected chi connectivity index (χ3v) is 5.36. The molecular formula is C21H25NO. The average molecular weight is 307 g/mol. The molecule has 1 heterocycles. The van der Waals surface area contributed by atoms with Crippen LogP contribution in [0.3, 0.4) is 0 Å². The Morgan fingerprint density at radius 1 is 0.870 bits per heavy atom. The summed E-state index contributed by atoms with van der Waals surface area (Å²) in [5, 5.41) is 0. The summed E-state index contributed by atoms with van der Waals surface area (Å²) in [7, 11) is 0. The summed E-state index contributed by atoms with van der Waals surface area (Å²) in [6.45, 7) is 4.52. The lowest BCUT2D eigenvalue weighted by molar-refractivity contribution is 0.133. The number of ether oxygens (including phenoxy) is 1. The molecule has 0 N–H and O–H groups in total. The summed E-state index contributed by atoms with van der Waals surface area (Å²) in [6.07, 6.45) is 6.55. The number of nitrogens with zero attached hydrogens (tertiary/aromatic N) is 1. The van der Waals surface area contributed by atoms with Crippen LogP contribution in [0.25, 0.3) is 0 Å². The van der Waals surface area contributed by atoms with Crippen molar-refractivity contribution in [3.8, 4) is 11.5 Å². The number of hydrogen-bond donors (Lipinski definition) is 0. The van der Waals surface area contributed by atoms with Gasteiger partial charge in [0.05, 0.1) is 0 Å². The van der Waals surface area contributed by atoms with E-state index in [1.165, 1.54) is 55.5 Å². The molecule has 1 fully saturated rings. The molecule has 0 amide bonds. The van der Waals surface area contributed by atoms with Crippen molar-refractivity contribution in [2.24, 2.45) is 0 Å². The van der Waals surface area contributed by atoms with E-state index in [9.17, 15) is 0 Å². The molecule has 4 rings (SSSR count). The standard InChI is InChI=1S/C21H25NO/c1-16-5-8-20(9-6-16)23-21-10-7-17-11-13-22(19-3-2-4-19)14-12-18(17)15-21/h5-10,15,19H,2-4,11-14H2,1H3. The van der Waals surface area contributed by atoms with Crippen LogP contribution >= 0.6 is 0 Å². The fourth-order valence-electron chi connectivity index (χ4n) is 3.64. The largest absolute Gasteiger partial charge is 0.457 e. The van der Waals surface area contributed by atoms with E-state index in [0.717, 1.165) is 24.0 Å². The maximum absolute atomic E-state index is 6.03. The highest BCUT2D eigenvalue weighted by Gasteiger charge is 2.26. The van der Waals surface area contributed by atoms with Gasteiger partial charge in [-0.2, -0.15) is 0 Å². The van der Waals surface area contributed by atoms with Crippen molar-refractivity contribution in [1.82, 2.24) is 4.90 Å². The molecule has 1 aliphatic carbocycles. The Hall–Kier alpha value is -1.80. The van der Waals surface area contributed by atoms with Crippen LogP contribution < -0.4 is 4.74 Å². The molecule has 0 unspecified atom stereocenters. The lowest BCUT2D eigenvalue weighted by Gasteiger charge is -2.36. The van der Waals surface area contributed by atoms with Gasteiger partial charge in [-0.15, -0.1) is 0 Å². The third kappa shape index (κ3) is 3.28. The third-order valence-electron chi connectivity index (χ3n) is 5.36. The van der Waals surface area contributed by atoms with Crippen LogP contribution in [0.4, 0.5) is 0 Å². The van der Waals surface area contributed by atoms with E-state index in [4.69, 9.17) is 4.74 Å². The first-order chi connectivity index (χ1) is 11.3. The molecule has 0 radical (unpaired) electrons. The van der Waals surface area contributed by atoms with Gasteiger partial charge in [0.1, 0.15) is 11.5 Å². The van der Waals surface area contributed by atoms with Crippen molar-refractivity contribution in [1.29, 1.82) is 0 Å². The van der Waals surface area contributed by atoms with Gasteiger partial charge in [0, 0.05) is 19.1 Å². The van der Waals surface area contributed by atoms with Crippen molar-refractivity contribution >= 4 is 0 Å². The van der Waals surface area contributed by atoms with Gasteiger partial charge >= 0.3 is 0 Å². The number of benzene rings is 2. The molecule has 0 atom stereocenters. The van der Waals surface area contributed by atoms with Gasteiger partial charge in [0.2, 0.25) is 0 Å². The zero-order valence-electron chi connectivity index (χ0n) is 13.9. The minimum absolute atomic E-state index is 0.854. The summed E-state index contributed by atoms with van der Waals surface area (Å²) < 4.78 is 6.03. The van der Waals surface area contributed by atoms with Crippen LogP contribution in [0, 0.1) is 6.92 Å². The second kappa shape index (κ2) is 6.37. The molecule has 2 heteroatoms. The Bertz CT molecular complexity index is 673. The molecule has 1 aliphatic heterocycles. The Morgan fingerprint density at radius 2 is 1.57 bits per heavy atom. The second-order valence-corrected chi connectivity index (χ2v) is 6.97. The molecular weight excluding hydrogens is 282 g/mol. The van der Waals surface area contributed by atoms with Gasteiger partial charge in [-0.05, 0) is 68.0 Å². The van der Waals surface area contributed by atoms with E-state index in [0.29, 0.717) is 0 Å². The average Bonchev–Trinajstić information content (AvgIpc) is 2.71. The first-order valence-corrected chi connectivity index (χ1v) is 8.88. The molecule has 23 heavy (non-hydrogen) atoms. The molecule has 2 aromatic rings. The van der Waals surface area contributed by atoms with Gasteiger partial charge in [0.25, 0.3) is 0 Å². The molecule has 0 bridgehead atoms. The zero-order valence-corrected chi connectivity index (χ0v) is 13.9. The van der Waals surface area contributed by atoms with Crippen molar-refractivity contribution in [3.05, 3.63) is 59.2 Å². The summed E-state index contributed by atoms with van der Waals surface area (Å²) >= 11 is 0. The van der Waals surface area contributed by atoms with Gasteiger partial charge in [-0.25, -0.2) is 0 Å². The van der Waals surface area contributed by atoms with Crippen LogP contribution in [-0.4, -0.2) is 24.0 Å². The molecule has 0 aromatic heterocycles. The zero-order chi connectivity index (χ0) is 15.6. The number of aryl methyl sites for hydroxylation is 1. The maximum Gasteiger partial charge on any atom is 0.127 e. The van der Waals surface area contributed by atoms with Crippen LogP contribution in [0.5, 0.6) is 11.5 Å². The molecule has 120 valence electrons. The minimum Gasteiger partial charge on any atom is -0.457 e. The van der Waals surface area contributed by atoms with Gasteiger partial charge in [-0.1, -0.05) is 30.2 Å². The van der Waals surface area contributed by atoms with E-state index in [1.807, 2.05) is 12.1 Å². The van der Waals surface area contributed by atoms with E-state index in [-0.39, 0.29) is 0 Å². The van der Waals surface area contributed by atoms with E-state index < -0.39 is 0 Å². The Labute approximate surface area is 139 Å². The van der Waals surface area contributed by atoms with Gasteiger partial charge in [-0.3, -0.25) is 4.90 Å². The smallest absolute Gasteiger partial charge is 0.127 e. The van der Waals surface area contributed by atoms with Crippen LogP contribution in [0.15, 0.2) is 42.5 Å². The van der Waals surface area contributed by atoms with Crippen molar-refractivity contribution < 1.29 is 4.74 Å². The Morgan fingerprint density at radius 3 is 2.26 bits per heavy atom. The van der Waals surface area contributed by atoms with E-state index in [1.54, 1.807) is 0 Å².